The summed E-state index contributed by atoms with van der Waals surface area (Å²) in [7, 11) is -4.02. The molecule has 0 aliphatic carbocycles. The van der Waals surface area contributed by atoms with Gasteiger partial charge in [-0.3, -0.25) is 4.79 Å². The lowest BCUT2D eigenvalue weighted by atomic mass is 10.2. The Bertz CT molecular complexity index is 863. The quantitative estimate of drug-likeness (QED) is 0.330. The maximum atomic E-state index is 13.4. The Morgan fingerprint density at radius 3 is 2.70 bits per heavy atom. The van der Waals surface area contributed by atoms with Crippen molar-refractivity contribution in [2.75, 3.05) is 6.54 Å². The minimum absolute atomic E-state index is 0.0171. The summed E-state index contributed by atoms with van der Waals surface area (Å²) in [5, 5.41) is 0. The van der Waals surface area contributed by atoms with Crippen LogP contribution in [0.5, 0.6) is 5.88 Å². The Labute approximate surface area is 179 Å². The number of ether oxygens (including phenoxy) is 2. The van der Waals surface area contributed by atoms with Crippen LogP contribution in [0, 0.1) is 6.92 Å². The van der Waals surface area contributed by atoms with Crippen LogP contribution < -0.4 is 4.74 Å². The van der Waals surface area contributed by atoms with Gasteiger partial charge >= 0.3 is 5.97 Å². The average Bonchev–Trinajstić information content (AvgIpc) is 3.11. The highest BCUT2D eigenvalue weighted by Gasteiger charge is 2.42. The van der Waals surface area contributed by atoms with Crippen molar-refractivity contribution in [3.05, 3.63) is 17.8 Å². The molecule has 168 valence electrons. The number of hydrogen-bond donors (Lipinski definition) is 0. The Kier molecular flexibility index (Phi) is 7.99. The average molecular weight is 441 g/mol. The number of aryl methyl sites for hydroxylation is 1. The van der Waals surface area contributed by atoms with Crippen molar-refractivity contribution in [1.82, 2.24) is 9.29 Å². The molecule has 1 saturated heterocycles. The minimum atomic E-state index is -4.02. The fourth-order valence-electron chi connectivity index (χ4n) is 3.30. The van der Waals surface area contributed by atoms with E-state index in [1.54, 1.807) is 33.8 Å². The molecule has 1 aromatic rings. The molecule has 2 heterocycles. The van der Waals surface area contributed by atoms with Crippen LogP contribution >= 0.6 is 0 Å². The molecule has 0 N–H and O–H groups in total. The third kappa shape index (κ3) is 6.25. The van der Waals surface area contributed by atoms with Gasteiger partial charge in [-0.15, -0.1) is 0 Å². The van der Waals surface area contributed by atoms with Crippen LogP contribution in [0.3, 0.4) is 0 Å². The first-order valence-electron chi connectivity index (χ1n) is 10.3. The first-order valence-corrected chi connectivity index (χ1v) is 11.7. The van der Waals surface area contributed by atoms with Crippen molar-refractivity contribution in [1.29, 1.82) is 0 Å². The highest BCUT2D eigenvalue weighted by Crippen LogP contribution is 2.32. The number of hydrogen-bond acceptors (Lipinski definition) is 7. The van der Waals surface area contributed by atoms with Crippen molar-refractivity contribution in [3.8, 4) is 5.88 Å². The van der Waals surface area contributed by atoms with E-state index in [2.05, 4.69) is 4.98 Å². The molecule has 1 aromatic heterocycles. The minimum Gasteiger partial charge on any atom is -0.474 e. The SMILES string of the molecule is Cc1ccc(S(=O)(=O)N2CCC[C@H]2C(=O)OC(C)(C)C)c(O[C@@H](C)CCCC=O)n1. The number of esters is 1. The van der Waals surface area contributed by atoms with E-state index in [9.17, 15) is 18.0 Å². The van der Waals surface area contributed by atoms with E-state index in [0.717, 1.165) is 6.29 Å². The van der Waals surface area contributed by atoms with Crippen LogP contribution in [0.25, 0.3) is 0 Å². The summed E-state index contributed by atoms with van der Waals surface area (Å²) in [4.78, 5) is 27.4. The lowest BCUT2D eigenvalue weighted by molar-refractivity contribution is -0.158. The number of aromatic nitrogens is 1. The zero-order valence-corrected chi connectivity index (χ0v) is 19.2. The molecule has 0 radical (unpaired) electrons. The third-order valence-corrected chi connectivity index (χ3v) is 6.60. The predicted octanol–water partition coefficient (Wildman–Crippen LogP) is 3.02. The van der Waals surface area contributed by atoms with E-state index < -0.39 is 27.6 Å². The third-order valence-electron chi connectivity index (χ3n) is 4.68. The summed E-state index contributed by atoms with van der Waals surface area (Å²) in [6, 6.07) is 2.21. The van der Waals surface area contributed by atoms with Gasteiger partial charge in [-0.05, 0) is 72.4 Å². The Morgan fingerprint density at radius 1 is 1.37 bits per heavy atom. The maximum absolute atomic E-state index is 13.4. The second-order valence-corrected chi connectivity index (χ2v) is 10.4. The highest BCUT2D eigenvalue weighted by molar-refractivity contribution is 7.89. The zero-order valence-electron chi connectivity index (χ0n) is 18.4. The molecule has 0 saturated carbocycles. The topological polar surface area (TPSA) is 103 Å². The second-order valence-electron chi connectivity index (χ2n) is 8.59. The molecule has 0 unspecified atom stereocenters. The van der Waals surface area contributed by atoms with Gasteiger partial charge in [0.2, 0.25) is 15.9 Å². The number of carbonyl (C=O) groups is 2. The van der Waals surface area contributed by atoms with E-state index in [0.29, 0.717) is 37.8 Å². The van der Waals surface area contributed by atoms with Crippen LogP contribution in [0.4, 0.5) is 0 Å². The van der Waals surface area contributed by atoms with E-state index in [1.807, 2.05) is 6.92 Å². The van der Waals surface area contributed by atoms with Crippen LogP contribution in [0.2, 0.25) is 0 Å². The highest BCUT2D eigenvalue weighted by atomic mass is 32.2. The van der Waals surface area contributed by atoms with Crippen molar-refractivity contribution in [2.24, 2.45) is 0 Å². The van der Waals surface area contributed by atoms with E-state index in [-0.39, 0.29) is 23.4 Å². The van der Waals surface area contributed by atoms with Gasteiger partial charge in [0.1, 0.15) is 22.8 Å². The molecular weight excluding hydrogens is 408 g/mol. The van der Waals surface area contributed by atoms with Gasteiger partial charge < -0.3 is 14.3 Å². The summed E-state index contributed by atoms with van der Waals surface area (Å²) in [6.45, 7) is 9.04. The molecule has 2 rings (SSSR count). The van der Waals surface area contributed by atoms with Gasteiger partial charge in [-0.2, -0.15) is 4.31 Å². The second kappa shape index (κ2) is 9.87. The monoisotopic (exact) mass is 440 g/mol. The molecule has 0 bridgehead atoms. The number of nitrogens with zero attached hydrogens (tertiary/aromatic N) is 2. The maximum Gasteiger partial charge on any atom is 0.324 e. The molecular formula is C21H32N2O6S. The van der Waals surface area contributed by atoms with Crippen LogP contribution in [0.1, 0.15) is 65.5 Å². The number of pyridine rings is 1. The van der Waals surface area contributed by atoms with Gasteiger partial charge in [-0.25, -0.2) is 13.4 Å². The first kappa shape index (κ1) is 24.3. The molecule has 1 aliphatic heterocycles. The Balaban J connectivity index is 2.30. The summed E-state index contributed by atoms with van der Waals surface area (Å²) in [6.07, 6.45) is 3.17. The molecule has 0 spiro atoms. The van der Waals surface area contributed by atoms with Crippen molar-refractivity contribution >= 4 is 22.3 Å². The summed E-state index contributed by atoms with van der Waals surface area (Å²) in [5.74, 6) is -0.531. The molecule has 1 fully saturated rings. The molecule has 1 aliphatic rings. The molecule has 8 nitrogen and oxygen atoms in total. The largest absolute Gasteiger partial charge is 0.474 e. The number of carbonyl (C=O) groups excluding carboxylic acids is 2. The lowest BCUT2D eigenvalue weighted by Gasteiger charge is -2.27. The number of aldehydes is 1. The van der Waals surface area contributed by atoms with Gasteiger partial charge in [0.25, 0.3) is 0 Å². The number of rotatable bonds is 9. The van der Waals surface area contributed by atoms with Gasteiger partial charge in [-0.1, -0.05) is 0 Å². The van der Waals surface area contributed by atoms with Crippen LogP contribution in [0.15, 0.2) is 17.0 Å². The molecule has 30 heavy (non-hydrogen) atoms. The normalized spacial score (nSPS) is 18.8. The Hall–Kier alpha value is -2.00. The standard InChI is InChI=1S/C21H32N2O6S/c1-15-11-12-18(19(22-15)28-16(2)9-6-7-14-24)30(26,27)23-13-8-10-17(23)20(25)29-21(3,4)5/h11-12,14,16-17H,6-10,13H2,1-5H3/t16-,17-/m0/s1. The Morgan fingerprint density at radius 2 is 2.07 bits per heavy atom. The number of unbranched alkanes of at least 4 members (excludes halogenated alkanes) is 1. The van der Waals surface area contributed by atoms with Crippen molar-refractivity contribution in [2.45, 2.75) is 89.4 Å². The van der Waals surface area contributed by atoms with Crippen molar-refractivity contribution < 1.29 is 27.5 Å². The predicted molar refractivity (Wildman–Crippen MR) is 112 cm³/mol. The smallest absolute Gasteiger partial charge is 0.324 e. The van der Waals surface area contributed by atoms with Crippen LogP contribution in [-0.2, 0) is 24.3 Å². The first-order chi connectivity index (χ1) is 14.0. The fraction of sp³-hybridized carbons (Fsp3) is 0.667. The van der Waals surface area contributed by atoms with Crippen LogP contribution in [-0.4, -0.2) is 54.3 Å². The van der Waals surface area contributed by atoms with Crippen molar-refractivity contribution in [3.63, 3.8) is 0 Å². The zero-order chi connectivity index (χ0) is 22.5. The summed E-state index contributed by atoms with van der Waals surface area (Å²) in [5.41, 5.74) is -0.0830. The molecule has 9 heteroatoms. The number of sulfonamides is 1. The van der Waals surface area contributed by atoms with Gasteiger partial charge in [0, 0.05) is 18.7 Å². The van der Waals surface area contributed by atoms with Gasteiger partial charge in [0.05, 0.1) is 6.10 Å². The molecule has 0 aromatic carbocycles. The van der Waals surface area contributed by atoms with E-state index in [1.165, 1.54) is 10.4 Å². The fourth-order valence-corrected chi connectivity index (χ4v) is 5.00. The van der Waals surface area contributed by atoms with Gasteiger partial charge in [0.15, 0.2) is 0 Å². The molecule has 0 amide bonds. The summed E-state index contributed by atoms with van der Waals surface area (Å²) < 4.78 is 39.4. The van der Waals surface area contributed by atoms with E-state index in [4.69, 9.17) is 9.47 Å². The molecule has 2 atom stereocenters. The van der Waals surface area contributed by atoms with E-state index >= 15 is 0 Å². The lowest BCUT2D eigenvalue weighted by Crippen LogP contribution is -2.43. The summed E-state index contributed by atoms with van der Waals surface area (Å²) >= 11 is 0.